The molecule has 6 heterocycles. The highest BCUT2D eigenvalue weighted by Gasteiger charge is 2.50. The summed E-state index contributed by atoms with van der Waals surface area (Å²) in [4.78, 5) is 33.4. The highest BCUT2D eigenvalue weighted by molar-refractivity contribution is 6.01. The molecule has 2 atom stereocenters. The molecule has 0 aliphatic carbocycles. The molecule has 3 aromatic heterocycles. The third kappa shape index (κ3) is 4.42. The van der Waals surface area contributed by atoms with Crippen molar-refractivity contribution in [3.63, 3.8) is 0 Å². The van der Waals surface area contributed by atoms with Crippen LogP contribution >= 0.6 is 0 Å². The van der Waals surface area contributed by atoms with Crippen molar-refractivity contribution in [3.8, 4) is 11.9 Å². The first-order valence-electron chi connectivity index (χ1n) is 13.4. The van der Waals surface area contributed by atoms with E-state index in [0.717, 1.165) is 48.8 Å². The van der Waals surface area contributed by atoms with Crippen LogP contribution in [0.5, 0.6) is 0 Å². The molecule has 0 radical (unpaired) electrons. The number of fused-ring (bicyclic) bond motifs is 1. The first-order valence-corrected chi connectivity index (χ1v) is 13.4. The van der Waals surface area contributed by atoms with Crippen LogP contribution in [0.25, 0.3) is 16.9 Å². The van der Waals surface area contributed by atoms with Gasteiger partial charge in [-0.3, -0.25) is 4.57 Å². The molecule has 0 aromatic carbocycles. The van der Waals surface area contributed by atoms with E-state index in [2.05, 4.69) is 34.0 Å². The number of rotatable bonds is 3. The Bertz CT molecular complexity index is 1460. The predicted molar refractivity (Wildman–Crippen MR) is 146 cm³/mol. The van der Waals surface area contributed by atoms with Crippen LogP contribution in [-0.4, -0.2) is 87.6 Å². The minimum absolute atomic E-state index is 0.00539. The zero-order valence-corrected chi connectivity index (χ0v) is 23.1. The van der Waals surface area contributed by atoms with Crippen LogP contribution in [0.1, 0.15) is 40.2 Å². The lowest BCUT2D eigenvalue weighted by Gasteiger charge is -2.55. The molecule has 3 saturated heterocycles. The van der Waals surface area contributed by atoms with Crippen LogP contribution in [-0.2, 0) is 9.47 Å². The first kappa shape index (κ1) is 25.4. The molecule has 3 aliphatic heterocycles. The summed E-state index contributed by atoms with van der Waals surface area (Å²) in [6.07, 6.45) is 4.99. The molecule has 3 aliphatic rings. The normalized spacial score (nSPS) is 22.4. The van der Waals surface area contributed by atoms with Crippen molar-refractivity contribution in [2.24, 2.45) is 5.41 Å². The van der Waals surface area contributed by atoms with Gasteiger partial charge < -0.3 is 24.2 Å². The maximum Gasteiger partial charge on any atom is 0.410 e. The summed E-state index contributed by atoms with van der Waals surface area (Å²) in [6.45, 7) is 14.3. The summed E-state index contributed by atoms with van der Waals surface area (Å²) in [7, 11) is 0. The molecule has 0 bridgehead atoms. The van der Waals surface area contributed by atoms with Gasteiger partial charge in [0.25, 0.3) is 0 Å². The Kier molecular flexibility index (Phi) is 5.91. The fraction of sp³-hybridized carbons (Fsp3) is 0.536. The molecule has 204 valence electrons. The summed E-state index contributed by atoms with van der Waals surface area (Å²) >= 11 is 0. The average molecular weight is 531 g/mol. The number of piperazine rings is 1. The second-order valence-electron chi connectivity index (χ2n) is 12.1. The number of aromatic nitrogens is 4. The largest absolute Gasteiger partial charge is 0.444 e. The number of amides is 1. The molecule has 1 amide bonds. The number of ether oxygens (including phenoxy) is 2. The van der Waals surface area contributed by atoms with Gasteiger partial charge in [0.05, 0.1) is 41.3 Å². The Balaban J connectivity index is 1.40. The van der Waals surface area contributed by atoms with Gasteiger partial charge in [-0.15, -0.1) is 0 Å². The maximum absolute atomic E-state index is 12.9. The Morgan fingerprint density at radius 3 is 2.59 bits per heavy atom. The van der Waals surface area contributed by atoms with Gasteiger partial charge >= 0.3 is 6.09 Å². The van der Waals surface area contributed by atoms with Crippen molar-refractivity contribution >= 4 is 28.6 Å². The van der Waals surface area contributed by atoms with Crippen molar-refractivity contribution in [1.29, 1.82) is 5.26 Å². The van der Waals surface area contributed by atoms with Gasteiger partial charge in [0, 0.05) is 50.7 Å². The topological polar surface area (TPSA) is 113 Å². The standard InChI is InChI=1S/C28H34N8O3/c1-18-11-35(26(37)39-27(3,4)5)19(2)10-34(18)24-23-21(33-13-28(14-33)15-38-16-28)12-36(25(23)32-17-31-24)22-8-20(9-29)6-7-30-22/h6-8,12,17-19H,10-11,13-16H2,1-5H3/t18-,19+/m0/s1. The number of nitriles is 1. The van der Waals surface area contributed by atoms with E-state index < -0.39 is 5.60 Å². The van der Waals surface area contributed by atoms with Gasteiger partial charge in [-0.2, -0.15) is 5.26 Å². The van der Waals surface area contributed by atoms with Gasteiger partial charge in [-0.1, -0.05) is 0 Å². The summed E-state index contributed by atoms with van der Waals surface area (Å²) in [5.74, 6) is 1.47. The third-order valence-corrected chi connectivity index (χ3v) is 7.76. The lowest BCUT2D eigenvalue weighted by molar-refractivity contribution is -0.126. The van der Waals surface area contributed by atoms with E-state index in [1.54, 1.807) is 24.7 Å². The number of carbonyl (C=O) groups is 1. The molecule has 11 nitrogen and oxygen atoms in total. The Labute approximate surface area is 227 Å². The van der Waals surface area contributed by atoms with E-state index in [1.807, 2.05) is 37.2 Å². The molecule has 6 rings (SSSR count). The van der Waals surface area contributed by atoms with Crippen LogP contribution < -0.4 is 9.80 Å². The van der Waals surface area contributed by atoms with Crippen LogP contribution in [0.2, 0.25) is 0 Å². The molecule has 11 heteroatoms. The molecular weight excluding hydrogens is 496 g/mol. The number of anilines is 2. The van der Waals surface area contributed by atoms with Crippen molar-refractivity contribution in [2.45, 2.75) is 52.3 Å². The minimum atomic E-state index is -0.551. The smallest absolute Gasteiger partial charge is 0.410 e. The second kappa shape index (κ2) is 9.09. The average Bonchev–Trinajstić information content (AvgIpc) is 3.22. The van der Waals surface area contributed by atoms with E-state index in [0.29, 0.717) is 24.5 Å². The third-order valence-electron chi connectivity index (χ3n) is 7.76. The van der Waals surface area contributed by atoms with Crippen molar-refractivity contribution in [2.75, 3.05) is 49.2 Å². The summed E-state index contributed by atoms with van der Waals surface area (Å²) in [6, 6.07) is 5.60. The Hall–Kier alpha value is -3.91. The van der Waals surface area contributed by atoms with Crippen LogP contribution in [0, 0.1) is 16.7 Å². The van der Waals surface area contributed by atoms with E-state index in [4.69, 9.17) is 19.4 Å². The SMILES string of the molecule is C[C@@H]1CN(c2ncnc3c2c(N2CC4(COC4)C2)cn3-c2cc(C#N)ccn2)[C@@H](C)CN1C(=O)OC(C)(C)C. The lowest BCUT2D eigenvalue weighted by Crippen LogP contribution is -2.66. The van der Waals surface area contributed by atoms with Crippen LogP contribution in [0.3, 0.4) is 0 Å². The van der Waals surface area contributed by atoms with Crippen molar-refractivity contribution in [3.05, 3.63) is 36.4 Å². The molecule has 3 aromatic rings. The summed E-state index contributed by atoms with van der Waals surface area (Å²) in [5, 5.41) is 10.4. The molecule has 3 fully saturated rings. The van der Waals surface area contributed by atoms with E-state index in [1.165, 1.54) is 0 Å². The van der Waals surface area contributed by atoms with E-state index in [9.17, 15) is 10.1 Å². The van der Waals surface area contributed by atoms with Crippen LogP contribution in [0.15, 0.2) is 30.9 Å². The van der Waals surface area contributed by atoms with Gasteiger partial charge in [-0.25, -0.2) is 19.7 Å². The van der Waals surface area contributed by atoms with E-state index >= 15 is 0 Å². The first-order chi connectivity index (χ1) is 18.6. The Morgan fingerprint density at radius 1 is 1.15 bits per heavy atom. The number of hydrogen-bond acceptors (Lipinski definition) is 9. The fourth-order valence-electron chi connectivity index (χ4n) is 5.78. The summed E-state index contributed by atoms with van der Waals surface area (Å²) < 4.78 is 13.1. The van der Waals surface area contributed by atoms with Gasteiger partial charge in [0.2, 0.25) is 0 Å². The van der Waals surface area contributed by atoms with E-state index in [-0.39, 0.29) is 23.6 Å². The number of hydrogen-bond donors (Lipinski definition) is 0. The van der Waals surface area contributed by atoms with Gasteiger partial charge in [0.1, 0.15) is 23.6 Å². The van der Waals surface area contributed by atoms with Crippen molar-refractivity contribution < 1.29 is 14.3 Å². The maximum atomic E-state index is 12.9. The Morgan fingerprint density at radius 2 is 1.92 bits per heavy atom. The molecule has 39 heavy (non-hydrogen) atoms. The zero-order chi connectivity index (χ0) is 27.5. The van der Waals surface area contributed by atoms with Crippen LogP contribution in [0.4, 0.5) is 16.3 Å². The molecule has 0 saturated carbocycles. The highest BCUT2D eigenvalue weighted by atomic mass is 16.6. The minimum Gasteiger partial charge on any atom is -0.444 e. The van der Waals surface area contributed by atoms with Gasteiger partial charge in [0.15, 0.2) is 5.65 Å². The second-order valence-corrected chi connectivity index (χ2v) is 12.1. The lowest BCUT2D eigenvalue weighted by atomic mass is 9.78. The highest BCUT2D eigenvalue weighted by Crippen LogP contribution is 2.45. The fourth-order valence-corrected chi connectivity index (χ4v) is 5.78. The quantitative estimate of drug-likeness (QED) is 0.503. The number of pyridine rings is 1. The molecule has 0 N–H and O–H groups in total. The molecular formula is C28H34N8O3. The monoisotopic (exact) mass is 530 g/mol. The number of carbonyl (C=O) groups excluding carboxylic acids is 1. The predicted octanol–water partition coefficient (Wildman–Crippen LogP) is 3.36. The summed E-state index contributed by atoms with van der Waals surface area (Å²) in [5.41, 5.74) is 1.98. The zero-order valence-electron chi connectivity index (χ0n) is 23.1. The van der Waals surface area contributed by atoms with Crippen molar-refractivity contribution in [1.82, 2.24) is 24.4 Å². The molecule has 0 unspecified atom stereocenters. The number of nitrogens with zero attached hydrogens (tertiary/aromatic N) is 8. The molecule has 1 spiro atoms. The van der Waals surface area contributed by atoms with Gasteiger partial charge in [-0.05, 0) is 46.8 Å².